The minimum atomic E-state index is -0.418. The zero-order chi connectivity index (χ0) is 27.5. The van der Waals surface area contributed by atoms with Gasteiger partial charge in [0, 0.05) is 54.1 Å². The molecule has 0 radical (unpaired) electrons. The molecule has 0 unspecified atom stereocenters. The van der Waals surface area contributed by atoms with Gasteiger partial charge in [-0.3, -0.25) is 19.9 Å². The first-order chi connectivity index (χ1) is 18.9. The molecule has 1 aliphatic rings. The zero-order valence-electron chi connectivity index (χ0n) is 21.3. The fourth-order valence-corrected chi connectivity index (χ4v) is 5.06. The van der Waals surface area contributed by atoms with E-state index in [1.165, 1.54) is 12.1 Å². The number of aromatic nitrogens is 2. The van der Waals surface area contributed by atoms with E-state index in [1.54, 1.807) is 38.4 Å². The summed E-state index contributed by atoms with van der Waals surface area (Å²) in [6.45, 7) is 1.78. The monoisotopic (exact) mass is 542 g/mol. The molecule has 0 aliphatic carbocycles. The van der Waals surface area contributed by atoms with Crippen LogP contribution >= 0.6 is 12.2 Å². The smallest absolute Gasteiger partial charge is 0.269 e. The van der Waals surface area contributed by atoms with E-state index >= 15 is 0 Å². The van der Waals surface area contributed by atoms with Crippen molar-refractivity contribution < 1.29 is 14.5 Å². The number of ether oxygens (including phenoxy) is 1. The Balaban J connectivity index is 1.61. The number of nitrogens with zero attached hydrogens (tertiary/aromatic N) is 4. The molecule has 5 rings (SSSR count). The van der Waals surface area contributed by atoms with Gasteiger partial charge in [0.25, 0.3) is 5.69 Å². The Hall–Kier alpha value is -4.77. The van der Waals surface area contributed by atoms with Gasteiger partial charge in [0.1, 0.15) is 11.8 Å². The highest BCUT2D eigenvalue weighted by atomic mass is 32.1. The van der Waals surface area contributed by atoms with E-state index in [0.29, 0.717) is 23.0 Å². The molecule has 1 aliphatic heterocycles. The highest BCUT2D eigenvalue weighted by molar-refractivity contribution is 7.80. The van der Waals surface area contributed by atoms with Crippen LogP contribution in [0.5, 0.6) is 5.75 Å². The van der Waals surface area contributed by atoms with Crippen molar-refractivity contribution in [3.8, 4) is 11.4 Å². The Morgan fingerprint density at radius 3 is 2.56 bits per heavy atom. The van der Waals surface area contributed by atoms with E-state index < -0.39 is 4.92 Å². The van der Waals surface area contributed by atoms with Crippen molar-refractivity contribution in [3.63, 3.8) is 0 Å². The van der Waals surface area contributed by atoms with Gasteiger partial charge in [-0.15, -0.1) is 0 Å². The van der Waals surface area contributed by atoms with Crippen LogP contribution in [0.4, 0.5) is 17.1 Å². The summed E-state index contributed by atoms with van der Waals surface area (Å²) in [5.41, 5.74) is 3.83. The molecule has 2 N–H and O–H groups in total. The number of nitro groups is 1. The molecule has 39 heavy (non-hydrogen) atoms. The average molecular weight is 543 g/mol. The van der Waals surface area contributed by atoms with Crippen LogP contribution in [-0.2, 0) is 4.79 Å². The fraction of sp³-hybridized carbons (Fsp3) is 0.179. The molecule has 0 saturated carbocycles. The minimum Gasteiger partial charge on any atom is -0.494 e. The number of hydrogen-bond donors (Lipinski definition) is 2. The van der Waals surface area contributed by atoms with Gasteiger partial charge in [0.05, 0.1) is 29.5 Å². The third-order valence-corrected chi connectivity index (χ3v) is 6.89. The fourth-order valence-electron chi connectivity index (χ4n) is 4.71. The first-order valence-electron chi connectivity index (χ1n) is 12.3. The molecular formula is C28H26N6O4S. The molecule has 4 aromatic rings. The topological polar surface area (TPSA) is 115 Å². The van der Waals surface area contributed by atoms with Gasteiger partial charge >= 0.3 is 0 Å². The predicted molar refractivity (Wildman–Crippen MR) is 152 cm³/mol. The van der Waals surface area contributed by atoms with Gasteiger partial charge in [0.15, 0.2) is 5.11 Å². The normalized spacial score (nSPS) is 16.6. The van der Waals surface area contributed by atoms with Crippen molar-refractivity contribution in [1.29, 1.82) is 0 Å². The first-order valence-corrected chi connectivity index (χ1v) is 12.7. The molecule has 3 heterocycles. The van der Waals surface area contributed by atoms with Crippen molar-refractivity contribution in [2.75, 3.05) is 17.3 Å². The van der Waals surface area contributed by atoms with Crippen LogP contribution in [0.3, 0.4) is 0 Å². The van der Waals surface area contributed by atoms with Gasteiger partial charge in [-0.2, -0.15) is 0 Å². The summed E-state index contributed by atoms with van der Waals surface area (Å²) < 4.78 is 7.60. The van der Waals surface area contributed by atoms with Crippen molar-refractivity contribution in [2.24, 2.45) is 0 Å². The van der Waals surface area contributed by atoms with E-state index in [9.17, 15) is 14.9 Å². The molecule has 0 spiro atoms. The molecule has 1 fully saturated rings. The summed E-state index contributed by atoms with van der Waals surface area (Å²) in [6.07, 6.45) is 4.00. The highest BCUT2D eigenvalue weighted by Gasteiger charge is 2.42. The Kier molecular flexibility index (Phi) is 7.24. The first kappa shape index (κ1) is 25.9. The van der Waals surface area contributed by atoms with Crippen molar-refractivity contribution >= 4 is 40.3 Å². The van der Waals surface area contributed by atoms with Crippen LogP contribution in [0.1, 0.15) is 36.8 Å². The van der Waals surface area contributed by atoms with Gasteiger partial charge in [-0.25, -0.2) is 0 Å². The molecule has 11 heteroatoms. The standard InChI is InChI=1S/C28H26N6O4S/c1-3-25(35)30-21-14-13-20(17-24(21)38-2)33-27(26(31-28(33)39)22-7-4-5-15-29-22)23-8-6-16-32(23)18-9-11-19(12-10-18)34(36)37/h4-17,26-27H,3H2,1-2H3,(H,30,35)(H,31,39)/t26-,27-/m0/s1. The Morgan fingerprint density at radius 2 is 1.90 bits per heavy atom. The lowest BCUT2D eigenvalue weighted by Crippen LogP contribution is -2.30. The van der Waals surface area contributed by atoms with E-state index in [-0.39, 0.29) is 23.7 Å². The summed E-state index contributed by atoms with van der Waals surface area (Å²) >= 11 is 5.85. The Labute approximate surface area is 230 Å². The Bertz CT molecular complexity index is 1520. The third-order valence-electron chi connectivity index (χ3n) is 6.58. The summed E-state index contributed by atoms with van der Waals surface area (Å²) in [6, 6.07) is 21.0. The number of thiocarbonyl (C=S) groups is 1. The molecule has 198 valence electrons. The summed E-state index contributed by atoms with van der Waals surface area (Å²) in [5.74, 6) is 0.385. The maximum absolute atomic E-state index is 12.0. The second-order valence-corrected chi connectivity index (χ2v) is 9.25. The molecule has 2 aromatic heterocycles. The van der Waals surface area contributed by atoms with E-state index in [1.807, 2.05) is 58.1 Å². The van der Waals surface area contributed by atoms with Crippen LogP contribution in [0, 0.1) is 10.1 Å². The van der Waals surface area contributed by atoms with Gasteiger partial charge < -0.3 is 24.8 Å². The van der Waals surface area contributed by atoms with Gasteiger partial charge in [-0.05, 0) is 60.7 Å². The number of pyridine rings is 1. The number of carbonyl (C=O) groups excluding carboxylic acids is 1. The van der Waals surface area contributed by atoms with Crippen molar-refractivity contribution in [1.82, 2.24) is 14.9 Å². The zero-order valence-corrected chi connectivity index (χ0v) is 22.1. The molecular weight excluding hydrogens is 516 g/mol. The maximum atomic E-state index is 12.0. The van der Waals surface area contributed by atoms with Gasteiger partial charge in [0.2, 0.25) is 5.91 Å². The van der Waals surface area contributed by atoms with Crippen LogP contribution in [-0.4, -0.2) is 32.6 Å². The van der Waals surface area contributed by atoms with E-state index in [0.717, 1.165) is 22.8 Å². The number of carbonyl (C=O) groups is 1. The minimum absolute atomic E-state index is 0.0199. The average Bonchev–Trinajstić information content (AvgIpc) is 3.58. The number of non-ortho nitro benzene ring substituents is 1. The number of hydrogen-bond acceptors (Lipinski definition) is 6. The molecule has 1 amide bonds. The van der Waals surface area contributed by atoms with Crippen LogP contribution in [0.25, 0.3) is 5.69 Å². The summed E-state index contributed by atoms with van der Waals surface area (Å²) in [4.78, 5) is 29.4. The lowest BCUT2D eigenvalue weighted by Gasteiger charge is -2.29. The molecule has 2 atom stereocenters. The maximum Gasteiger partial charge on any atom is 0.269 e. The number of nitro benzene ring substituents is 1. The highest BCUT2D eigenvalue weighted by Crippen LogP contribution is 2.44. The number of nitrogens with one attached hydrogen (secondary N) is 2. The summed E-state index contributed by atoms with van der Waals surface area (Å²) in [5, 5.41) is 18.0. The largest absolute Gasteiger partial charge is 0.494 e. The van der Waals surface area contributed by atoms with Gasteiger partial charge in [-0.1, -0.05) is 13.0 Å². The summed E-state index contributed by atoms with van der Waals surface area (Å²) in [7, 11) is 1.55. The Morgan fingerprint density at radius 1 is 1.13 bits per heavy atom. The predicted octanol–water partition coefficient (Wildman–Crippen LogP) is 5.31. The molecule has 1 saturated heterocycles. The van der Waals surface area contributed by atoms with Crippen molar-refractivity contribution in [3.05, 3.63) is 107 Å². The molecule has 2 aromatic carbocycles. The number of benzene rings is 2. The number of methoxy groups -OCH3 is 1. The lowest BCUT2D eigenvalue weighted by atomic mass is 10.0. The van der Waals surface area contributed by atoms with Crippen LogP contribution < -0.4 is 20.3 Å². The van der Waals surface area contributed by atoms with E-state index in [2.05, 4.69) is 15.6 Å². The molecule has 0 bridgehead atoms. The number of anilines is 2. The van der Waals surface area contributed by atoms with Crippen LogP contribution in [0.2, 0.25) is 0 Å². The second kappa shape index (κ2) is 10.9. The second-order valence-electron chi connectivity index (χ2n) is 8.86. The SMILES string of the molecule is CCC(=O)Nc1ccc(N2C(=S)N[C@@H](c3ccccn3)[C@@H]2c2cccn2-c2ccc([N+](=O)[O-])cc2)cc1OC. The molecule has 10 nitrogen and oxygen atoms in total. The van der Waals surface area contributed by atoms with Crippen LogP contribution in [0.15, 0.2) is 85.2 Å². The number of rotatable bonds is 8. The van der Waals surface area contributed by atoms with E-state index in [4.69, 9.17) is 17.0 Å². The quantitative estimate of drug-likeness (QED) is 0.175. The third kappa shape index (κ3) is 5.04. The van der Waals surface area contributed by atoms with Crippen molar-refractivity contribution in [2.45, 2.75) is 25.4 Å². The lowest BCUT2D eigenvalue weighted by molar-refractivity contribution is -0.384. The number of amides is 1.